The molecule has 9 heteroatoms. The van der Waals surface area contributed by atoms with Crippen molar-refractivity contribution in [3.63, 3.8) is 0 Å². The van der Waals surface area contributed by atoms with Gasteiger partial charge in [-0.3, -0.25) is 20.2 Å². The molecule has 0 bridgehead atoms. The summed E-state index contributed by atoms with van der Waals surface area (Å²) in [4.78, 5) is 22.6. The highest BCUT2D eigenvalue weighted by atomic mass is 127. The average Bonchev–Trinajstić information content (AvgIpc) is 2.54. The van der Waals surface area contributed by atoms with E-state index >= 15 is 0 Å². The number of nitro groups is 1. The fraction of sp³-hybridized carbons (Fsp3) is 0.0667. The van der Waals surface area contributed by atoms with Gasteiger partial charge < -0.3 is 10.1 Å². The number of halogens is 1. The first-order valence-corrected chi connectivity index (χ1v) is 8.09. The van der Waals surface area contributed by atoms with Crippen molar-refractivity contribution in [3.8, 4) is 5.75 Å². The second-order valence-electron chi connectivity index (χ2n) is 4.56. The monoisotopic (exact) mass is 457 g/mol. The largest absolute Gasteiger partial charge is 0.490 e. The minimum atomic E-state index is -0.558. The van der Waals surface area contributed by atoms with Gasteiger partial charge in [0.25, 0.3) is 5.91 Å². The van der Waals surface area contributed by atoms with Crippen molar-refractivity contribution in [2.75, 3.05) is 12.4 Å². The summed E-state index contributed by atoms with van der Waals surface area (Å²) in [6.07, 6.45) is 0. The van der Waals surface area contributed by atoms with Crippen molar-refractivity contribution in [2.24, 2.45) is 0 Å². The third-order valence-corrected chi connectivity index (χ3v) is 3.82. The molecule has 0 aliphatic heterocycles. The maximum absolute atomic E-state index is 12.1. The molecule has 0 atom stereocenters. The lowest BCUT2D eigenvalue weighted by Crippen LogP contribution is -2.34. The first kappa shape index (κ1) is 18.1. The molecule has 24 heavy (non-hydrogen) atoms. The normalized spacial score (nSPS) is 9.92. The highest BCUT2D eigenvalue weighted by Gasteiger charge is 2.16. The maximum atomic E-state index is 12.1. The molecule has 0 saturated heterocycles. The number of amides is 1. The number of rotatable bonds is 4. The van der Waals surface area contributed by atoms with E-state index < -0.39 is 4.92 Å². The van der Waals surface area contributed by atoms with Gasteiger partial charge in [-0.1, -0.05) is 6.07 Å². The number of benzene rings is 2. The van der Waals surface area contributed by atoms with E-state index in [1.807, 2.05) is 6.07 Å². The molecule has 2 N–H and O–H groups in total. The Morgan fingerprint density at radius 1 is 1.29 bits per heavy atom. The topological polar surface area (TPSA) is 93.5 Å². The van der Waals surface area contributed by atoms with Gasteiger partial charge in [0.2, 0.25) is 0 Å². The third-order valence-electron chi connectivity index (χ3n) is 2.95. The molecule has 2 rings (SSSR count). The second-order valence-corrected chi connectivity index (χ2v) is 6.22. The first-order chi connectivity index (χ1) is 11.4. The highest BCUT2D eigenvalue weighted by Crippen LogP contribution is 2.29. The summed E-state index contributed by atoms with van der Waals surface area (Å²) >= 11 is 7.17. The number of hydrogen-bond acceptors (Lipinski definition) is 5. The minimum Gasteiger partial charge on any atom is -0.490 e. The van der Waals surface area contributed by atoms with E-state index in [0.29, 0.717) is 11.3 Å². The summed E-state index contributed by atoms with van der Waals surface area (Å²) < 4.78 is 5.85. The van der Waals surface area contributed by atoms with Gasteiger partial charge in [-0.25, -0.2) is 0 Å². The Labute approximate surface area is 156 Å². The van der Waals surface area contributed by atoms with E-state index in [4.69, 9.17) is 17.0 Å². The molecule has 124 valence electrons. The molecule has 1 amide bonds. The number of hydrogen-bond donors (Lipinski definition) is 2. The fourth-order valence-electron chi connectivity index (χ4n) is 1.88. The van der Waals surface area contributed by atoms with Crippen LogP contribution in [0.25, 0.3) is 0 Å². The van der Waals surface area contributed by atoms with Crippen LogP contribution in [0.2, 0.25) is 0 Å². The van der Waals surface area contributed by atoms with E-state index in [1.54, 1.807) is 24.3 Å². The average molecular weight is 457 g/mol. The molecule has 0 radical (unpaired) electrons. The van der Waals surface area contributed by atoms with Crippen LogP contribution < -0.4 is 15.4 Å². The number of nitro benzene ring substituents is 1. The first-order valence-electron chi connectivity index (χ1n) is 6.61. The van der Waals surface area contributed by atoms with Crippen LogP contribution in [0, 0.1) is 13.7 Å². The molecule has 0 fully saturated rings. The van der Waals surface area contributed by atoms with Crippen LogP contribution in [-0.2, 0) is 0 Å². The molecule has 7 nitrogen and oxygen atoms in total. The van der Waals surface area contributed by atoms with Gasteiger partial charge in [-0.15, -0.1) is 0 Å². The lowest BCUT2D eigenvalue weighted by molar-refractivity contribution is -0.385. The van der Waals surface area contributed by atoms with Crippen molar-refractivity contribution in [2.45, 2.75) is 0 Å². The van der Waals surface area contributed by atoms with Crippen LogP contribution in [-0.4, -0.2) is 23.1 Å². The van der Waals surface area contributed by atoms with Crippen LogP contribution in [0.3, 0.4) is 0 Å². The Balaban J connectivity index is 2.08. The highest BCUT2D eigenvalue weighted by molar-refractivity contribution is 14.1. The fourth-order valence-corrected chi connectivity index (χ4v) is 2.63. The van der Waals surface area contributed by atoms with Crippen molar-refractivity contribution >= 4 is 57.2 Å². The van der Waals surface area contributed by atoms with Crippen molar-refractivity contribution in [3.05, 3.63) is 61.7 Å². The standard InChI is InChI=1S/C15H12IN3O4S/c1-23-13-6-5-11(8-12(13)19(21)22)17-15(24)18-14(20)9-3-2-4-10(16)7-9/h2-8H,1H3,(H2,17,18,20,24). The Morgan fingerprint density at radius 3 is 2.67 bits per heavy atom. The molecule has 0 saturated carbocycles. The number of nitrogens with one attached hydrogen (secondary N) is 2. The molecule has 0 spiro atoms. The Kier molecular flexibility index (Phi) is 6.04. The van der Waals surface area contributed by atoms with Crippen LogP contribution in [0.1, 0.15) is 10.4 Å². The van der Waals surface area contributed by atoms with Gasteiger partial charge in [0, 0.05) is 20.9 Å². The van der Waals surface area contributed by atoms with Gasteiger partial charge in [0.05, 0.1) is 12.0 Å². The van der Waals surface area contributed by atoms with E-state index in [1.165, 1.54) is 19.2 Å². The molecule has 0 heterocycles. The number of anilines is 1. The number of methoxy groups -OCH3 is 1. The van der Waals surface area contributed by atoms with Gasteiger partial charge in [0.15, 0.2) is 10.9 Å². The summed E-state index contributed by atoms with van der Waals surface area (Å²) in [6.45, 7) is 0. The molecule has 2 aromatic carbocycles. The Hall–Kier alpha value is -2.27. The van der Waals surface area contributed by atoms with Gasteiger partial charge in [0.1, 0.15) is 0 Å². The summed E-state index contributed by atoms with van der Waals surface area (Å²) in [5, 5.41) is 16.3. The van der Waals surface area contributed by atoms with E-state index in [-0.39, 0.29) is 22.5 Å². The molecule has 0 unspecified atom stereocenters. The van der Waals surface area contributed by atoms with Crippen molar-refractivity contribution in [1.82, 2.24) is 5.32 Å². The van der Waals surface area contributed by atoms with E-state index in [9.17, 15) is 14.9 Å². The number of nitrogens with zero attached hydrogens (tertiary/aromatic N) is 1. The molecule has 0 aromatic heterocycles. The zero-order chi connectivity index (χ0) is 17.7. The predicted molar refractivity (Wildman–Crippen MR) is 102 cm³/mol. The smallest absolute Gasteiger partial charge is 0.312 e. The lowest BCUT2D eigenvalue weighted by atomic mass is 10.2. The van der Waals surface area contributed by atoms with Crippen LogP contribution in [0.4, 0.5) is 11.4 Å². The molecular formula is C15H12IN3O4S. The predicted octanol–water partition coefficient (Wildman–Crippen LogP) is 3.33. The summed E-state index contributed by atoms with van der Waals surface area (Å²) in [5.74, 6) is -0.228. The van der Waals surface area contributed by atoms with Crippen LogP contribution in [0.15, 0.2) is 42.5 Å². The summed E-state index contributed by atoms with van der Waals surface area (Å²) in [7, 11) is 1.35. The number of carbonyl (C=O) groups is 1. The quantitative estimate of drug-likeness (QED) is 0.317. The second kappa shape index (κ2) is 8.02. The molecule has 0 aliphatic rings. The van der Waals surface area contributed by atoms with E-state index in [0.717, 1.165) is 3.57 Å². The zero-order valence-electron chi connectivity index (χ0n) is 12.4. The van der Waals surface area contributed by atoms with E-state index in [2.05, 4.69) is 33.2 Å². The van der Waals surface area contributed by atoms with Crippen molar-refractivity contribution < 1.29 is 14.5 Å². The van der Waals surface area contributed by atoms with Gasteiger partial charge in [-0.2, -0.15) is 0 Å². The zero-order valence-corrected chi connectivity index (χ0v) is 15.4. The number of ether oxygens (including phenoxy) is 1. The third kappa shape index (κ3) is 4.61. The number of carbonyl (C=O) groups excluding carboxylic acids is 1. The molecular weight excluding hydrogens is 445 g/mol. The van der Waals surface area contributed by atoms with Crippen LogP contribution in [0.5, 0.6) is 5.75 Å². The summed E-state index contributed by atoms with van der Waals surface area (Å²) in [5.41, 5.74) is 0.636. The molecule has 0 aliphatic carbocycles. The van der Waals surface area contributed by atoms with Gasteiger partial charge in [-0.05, 0) is 65.1 Å². The Morgan fingerprint density at radius 2 is 2.04 bits per heavy atom. The van der Waals surface area contributed by atoms with Crippen LogP contribution >= 0.6 is 34.8 Å². The minimum absolute atomic E-state index is 0.0401. The lowest BCUT2D eigenvalue weighted by Gasteiger charge is -2.10. The SMILES string of the molecule is COc1ccc(NC(=S)NC(=O)c2cccc(I)c2)cc1[N+](=O)[O-]. The van der Waals surface area contributed by atoms with Crippen molar-refractivity contribution in [1.29, 1.82) is 0 Å². The molecule has 2 aromatic rings. The summed E-state index contributed by atoms with van der Waals surface area (Å²) in [6, 6.07) is 11.3. The number of thiocarbonyl (C=S) groups is 1. The Bertz CT molecular complexity index is 813. The maximum Gasteiger partial charge on any atom is 0.312 e. The van der Waals surface area contributed by atoms with Gasteiger partial charge >= 0.3 is 5.69 Å².